The fraction of sp³-hybridized carbons (Fsp3) is 0.273. The van der Waals surface area contributed by atoms with Gasteiger partial charge in [-0.05, 0) is 6.92 Å². The van der Waals surface area contributed by atoms with Crippen molar-refractivity contribution in [2.45, 2.75) is 13.5 Å². The van der Waals surface area contributed by atoms with Gasteiger partial charge in [0.2, 0.25) is 11.8 Å². The van der Waals surface area contributed by atoms with Gasteiger partial charge in [-0.15, -0.1) is 11.3 Å². The number of hydrogen-bond acceptors (Lipinski definition) is 6. The van der Waals surface area contributed by atoms with E-state index in [-0.39, 0.29) is 18.3 Å². The molecule has 7 nitrogen and oxygen atoms in total. The zero-order valence-corrected chi connectivity index (χ0v) is 11.0. The van der Waals surface area contributed by atoms with Crippen LogP contribution in [0.5, 0.6) is 5.88 Å². The van der Waals surface area contributed by atoms with Crippen LogP contribution in [0.3, 0.4) is 0 Å². The number of rotatable bonds is 5. The fourth-order valence-electron chi connectivity index (χ4n) is 1.36. The third kappa shape index (κ3) is 3.62. The lowest BCUT2D eigenvalue weighted by Crippen LogP contribution is -2.29. The van der Waals surface area contributed by atoms with Crippen LogP contribution in [0.1, 0.15) is 6.92 Å². The number of hydrogen-bond donors (Lipinski definition) is 1. The summed E-state index contributed by atoms with van der Waals surface area (Å²) >= 11 is 1.31. The van der Waals surface area contributed by atoms with Crippen molar-refractivity contribution in [3.63, 3.8) is 0 Å². The average molecular weight is 280 g/mol. The summed E-state index contributed by atoms with van der Waals surface area (Å²) in [5, 5.41) is 4.83. The summed E-state index contributed by atoms with van der Waals surface area (Å²) in [5.74, 6) is -0.0768. The quantitative estimate of drug-likeness (QED) is 0.873. The van der Waals surface area contributed by atoms with Crippen LogP contribution < -0.4 is 15.7 Å². The Morgan fingerprint density at radius 3 is 3.05 bits per heavy atom. The largest absolute Gasteiger partial charge is 0.478 e. The standard InChI is InChI=1S/C11H12N4O3S/c1-2-18-9-3-5-15(11(17)14-9)7-8(16)13-10-12-4-6-19-10/h3-6H,2,7H2,1H3,(H,12,13,16). The van der Waals surface area contributed by atoms with E-state index in [0.29, 0.717) is 11.7 Å². The van der Waals surface area contributed by atoms with Crippen LogP contribution >= 0.6 is 11.3 Å². The fourth-order valence-corrected chi connectivity index (χ4v) is 1.91. The van der Waals surface area contributed by atoms with Gasteiger partial charge in [0.25, 0.3) is 0 Å². The maximum atomic E-state index is 11.7. The summed E-state index contributed by atoms with van der Waals surface area (Å²) < 4.78 is 6.30. The summed E-state index contributed by atoms with van der Waals surface area (Å²) in [4.78, 5) is 30.9. The SMILES string of the molecule is CCOc1ccn(CC(=O)Nc2nccs2)c(=O)n1. The van der Waals surface area contributed by atoms with Gasteiger partial charge in [0.1, 0.15) is 6.54 Å². The molecule has 2 heterocycles. The molecule has 0 saturated heterocycles. The highest BCUT2D eigenvalue weighted by molar-refractivity contribution is 7.13. The Hall–Kier alpha value is -2.22. The highest BCUT2D eigenvalue weighted by atomic mass is 32.1. The smallest absolute Gasteiger partial charge is 0.351 e. The van der Waals surface area contributed by atoms with Gasteiger partial charge < -0.3 is 10.1 Å². The summed E-state index contributed by atoms with van der Waals surface area (Å²) in [6.45, 7) is 2.12. The minimum Gasteiger partial charge on any atom is -0.478 e. The van der Waals surface area contributed by atoms with Crippen molar-refractivity contribution in [1.29, 1.82) is 0 Å². The summed E-state index contributed by atoms with van der Waals surface area (Å²) in [6, 6.07) is 1.54. The Balaban J connectivity index is 2.02. The van der Waals surface area contributed by atoms with Gasteiger partial charge >= 0.3 is 5.69 Å². The number of thiazole rings is 1. The van der Waals surface area contributed by atoms with E-state index in [1.807, 2.05) is 0 Å². The Kier molecular flexibility index (Phi) is 4.24. The number of aromatic nitrogens is 3. The molecule has 0 fully saturated rings. The molecule has 0 aliphatic carbocycles. The van der Waals surface area contributed by atoms with Gasteiger partial charge in [-0.1, -0.05) is 0 Å². The van der Waals surface area contributed by atoms with Gasteiger partial charge in [0.05, 0.1) is 6.61 Å². The van der Waals surface area contributed by atoms with Crippen molar-refractivity contribution in [2.75, 3.05) is 11.9 Å². The molecule has 0 spiro atoms. The van der Waals surface area contributed by atoms with Crippen LogP contribution in [0.25, 0.3) is 0 Å². The zero-order valence-electron chi connectivity index (χ0n) is 10.2. The van der Waals surface area contributed by atoms with E-state index in [9.17, 15) is 9.59 Å². The average Bonchev–Trinajstić information content (AvgIpc) is 2.86. The molecule has 0 saturated carbocycles. The Labute approximate surface area is 112 Å². The highest BCUT2D eigenvalue weighted by Gasteiger charge is 2.07. The first-order valence-corrected chi connectivity index (χ1v) is 6.46. The zero-order chi connectivity index (χ0) is 13.7. The van der Waals surface area contributed by atoms with E-state index in [1.165, 1.54) is 22.1 Å². The molecule has 2 rings (SSSR count). The number of carbonyl (C=O) groups is 1. The molecule has 19 heavy (non-hydrogen) atoms. The van der Waals surface area contributed by atoms with E-state index in [0.717, 1.165) is 0 Å². The Morgan fingerprint density at radius 1 is 1.58 bits per heavy atom. The molecule has 2 aromatic rings. The monoisotopic (exact) mass is 280 g/mol. The van der Waals surface area contributed by atoms with Gasteiger partial charge in [-0.25, -0.2) is 9.78 Å². The molecular formula is C11H12N4O3S. The van der Waals surface area contributed by atoms with Crippen molar-refractivity contribution >= 4 is 22.4 Å². The molecule has 0 aliphatic heterocycles. The first-order chi connectivity index (χ1) is 9.19. The van der Waals surface area contributed by atoms with Crippen LogP contribution in [0.4, 0.5) is 5.13 Å². The minimum atomic E-state index is -0.528. The molecular weight excluding hydrogens is 268 g/mol. The van der Waals surface area contributed by atoms with Crippen LogP contribution in [0.15, 0.2) is 28.6 Å². The molecule has 0 radical (unpaired) electrons. The summed E-state index contributed by atoms with van der Waals surface area (Å²) in [7, 11) is 0. The summed E-state index contributed by atoms with van der Waals surface area (Å²) in [6.07, 6.45) is 3.06. The lowest BCUT2D eigenvalue weighted by Gasteiger charge is -2.06. The third-order valence-electron chi connectivity index (χ3n) is 2.13. The van der Waals surface area contributed by atoms with Crippen LogP contribution in [-0.2, 0) is 11.3 Å². The second-order valence-corrected chi connectivity index (χ2v) is 4.39. The topological polar surface area (TPSA) is 86.1 Å². The lowest BCUT2D eigenvalue weighted by molar-refractivity contribution is -0.116. The second kappa shape index (κ2) is 6.10. The van der Waals surface area contributed by atoms with Crippen molar-refractivity contribution in [3.8, 4) is 5.88 Å². The number of carbonyl (C=O) groups excluding carboxylic acids is 1. The molecule has 0 aromatic carbocycles. The molecule has 0 atom stereocenters. The molecule has 1 amide bonds. The van der Waals surface area contributed by atoms with Gasteiger partial charge in [0, 0.05) is 23.8 Å². The Bertz CT molecular complexity index is 609. The normalized spacial score (nSPS) is 10.2. The second-order valence-electron chi connectivity index (χ2n) is 3.49. The van der Waals surface area contributed by atoms with Gasteiger partial charge in [-0.3, -0.25) is 9.36 Å². The third-order valence-corrected chi connectivity index (χ3v) is 2.82. The van der Waals surface area contributed by atoms with E-state index < -0.39 is 5.69 Å². The van der Waals surface area contributed by atoms with E-state index in [1.54, 1.807) is 24.6 Å². The van der Waals surface area contributed by atoms with Crippen LogP contribution in [0, 0.1) is 0 Å². The first-order valence-electron chi connectivity index (χ1n) is 5.58. The minimum absolute atomic E-state index is 0.113. The molecule has 0 bridgehead atoms. The van der Waals surface area contributed by atoms with Gasteiger partial charge in [-0.2, -0.15) is 4.98 Å². The van der Waals surface area contributed by atoms with Crippen molar-refractivity contribution in [3.05, 3.63) is 34.3 Å². The van der Waals surface area contributed by atoms with Crippen molar-refractivity contribution in [1.82, 2.24) is 14.5 Å². The highest BCUT2D eigenvalue weighted by Crippen LogP contribution is 2.10. The summed E-state index contributed by atoms with van der Waals surface area (Å²) in [5.41, 5.74) is -0.528. The molecule has 2 aromatic heterocycles. The molecule has 0 aliphatic rings. The predicted octanol–water partition coefficient (Wildman–Crippen LogP) is 0.737. The van der Waals surface area contributed by atoms with E-state index >= 15 is 0 Å². The van der Waals surface area contributed by atoms with Crippen molar-refractivity contribution in [2.24, 2.45) is 0 Å². The van der Waals surface area contributed by atoms with Gasteiger partial charge in [0.15, 0.2) is 5.13 Å². The number of ether oxygens (including phenoxy) is 1. The Morgan fingerprint density at radius 2 is 2.42 bits per heavy atom. The molecule has 100 valence electrons. The predicted molar refractivity (Wildman–Crippen MR) is 70.4 cm³/mol. The molecule has 8 heteroatoms. The maximum absolute atomic E-state index is 11.7. The lowest BCUT2D eigenvalue weighted by atomic mass is 10.5. The number of nitrogens with zero attached hydrogens (tertiary/aromatic N) is 3. The van der Waals surface area contributed by atoms with Crippen molar-refractivity contribution < 1.29 is 9.53 Å². The van der Waals surface area contributed by atoms with Crippen LogP contribution in [-0.4, -0.2) is 27.0 Å². The van der Waals surface area contributed by atoms with E-state index in [2.05, 4.69) is 15.3 Å². The van der Waals surface area contributed by atoms with E-state index in [4.69, 9.17) is 4.74 Å². The number of nitrogens with one attached hydrogen (secondary N) is 1. The number of amides is 1. The molecule has 1 N–H and O–H groups in total. The number of anilines is 1. The first kappa shape index (κ1) is 13.2. The molecule has 0 unspecified atom stereocenters. The maximum Gasteiger partial charge on any atom is 0.351 e. The van der Waals surface area contributed by atoms with Crippen LogP contribution in [0.2, 0.25) is 0 Å².